The van der Waals surface area contributed by atoms with Gasteiger partial charge in [-0.05, 0) is 41.7 Å². The van der Waals surface area contributed by atoms with Crippen molar-refractivity contribution in [3.05, 3.63) is 91.0 Å². The van der Waals surface area contributed by atoms with Gasteiger partial charge in [0.2, 0.25) is 0 Å². The van der Waals surface area contributed by atoms with Crippen molar-refractivity contribution in [2.75, 3.05) is 0 Å². The molecule has 0 spiro atoms. The van der Waals surface area contributed by atoms with Crippen molar-refractivity contribution in [1.29, 1.82) is 0 Å². The van der Waals surface area contributed by atoms with Crippen LogP contribution in [0.1, 0.15) is 41.0 Å². The highest BCUT2D eigenvalue weighted by atomic mass is 28.3. The molecule has 0 bridgehead atoms. The summed E-state index contributed by atoms with van der Waals surface area (Å²) in [6.45, 7) is 10.0. The predicted molar refractivity (Wildman–Crippen MR) is 141 cm³/mol. The number of amides is 3. The molecule has 0 radical (unpaired) electrons. The van der Waals surface area contributed by atoms with Crippen LogP contribution in [0, 0.1) is 5.92 Å². The molecule has 1 aliphatic rings. The quantitative estimate of drug-likeness (QED) is 0.296. The monoisotopic (exact) mass is 470 g/mol. The Balaban J connectivity index is 2.20. The maximum atomic E-state index is 14.5. The van der Waals surface area contributed by atoms with Gasteiger partial charge in [-0.1, -0.05) is 112 Å². The second-order valence-electron chi connectivity index (χ2n) is 9.63. The molecule has 34 heavy (non-hydrogen) atoms. The first-order valence-electron chi connectivity index (χ1n) is 12.2. The van der Waals surface area contributed by atoms with Crippen LogP contribution in [0.2, 0.25) is 0 Å². The van der Waals surface area contributed by atoms with E-state index in [1.54, 1.807) is 0 Å². The van der Waals surface area contributed by atoms with E-state index in [2.05, 4.69) is 50.2 Å². The third-order valence-corrected chi connectivity index (χ3v) is 12.1. The Hall–Kier alpha value is -3.18. The van der Waals surface area contributed by atoms with Gasteiger partial charge in [0.1, 0.15) is 5.54 Å². The molecular weight excluding hydrogens is 436 g/mol. The fourth-order valence-corrected chi connectivity index (χ4v) is 11.0. The number of carbonyl (C=O) groups is 2. The van der Waals surface area contributed by atoms with E-state index in [-0.39, 0.29) is 23.9 Å². The van der Waals surface area contributed by atoms with E-state index >= 15 is 0 Å². The van der Waals surface area contributed by atoms with Gasteiger partial charge in [-0.3, -0.25) is 9.69 Å². The molecule has 4 nitrogen and oxygen atoms in total. The maximum absolute atomic E-state index is 14.5. The second kappa shape index (κ2) is 9.22. The van der Waals surface area contributed by atoms with E-state index in [1.807, 2.05) is 79.9 Å². The fraction of sp³-hybridized carbons (Fsp3) is 0.310. The standard InChI is InChI=1S/C29H34N2O2Si/c1-6-29(22(2)3)27(32)30(23(4)5)28(33)31(29)34(24-16-10-7-11-17-24,25-18-12-8-13-19-25)26-20-14-9-15-21-26/h7-23H,6H2,1-5H3. The first-order chi connectivity index (χ1) is 16.3. The van der Waals surface area contributed by atoms with E-state index in [0.29, 0.717) is 6.42 Å². The van der Waals surface area contributed by atoms with E-state index in [4.69, 9.17) is 0 Å². The zero-order valence-corrected chi connectivity index (χ0v) is 21.7. The molecule has 0 N–H and O–H groups in total. The van der Waals surface area contributed by atoms with Gasteiger partial charge < -0.3 is 4.57 Å². The lowest BCUT2D eigenvalue weighted by Crippen LogP contribution is -2.82. The van der Waals surface area contributed by atoms with Crippen LogP contribution in [-0.2, 0) is 4.79 Å². The zero-order chi connectivity index (χ0) is 24.5. The number of urea groups is 1. The van der Waals surface area contributed by atoms with Crippen molar-refractivity contribution >= 4 is 35.7 Å². The van der Waals surface area contributed by atoms with Crippen LogP contribution in [0.4, 0.5) is 4.79 Å². The van der Waals surface area contributed by atoms with Crippen molar-refractivity contribution in [3.8, 4) is 0 Å². The number of rotatable bonds is 7. The van der Waals surface area contributed by atoms with Crippen molar-refractivity contribution < 1.29 is 9.59 Å². The summed E-state index contributed by atoms with van der Waals surface area (Å²) in [7, 11) is -3.18. The fourth-order valence-electron chi connectivity index (χ4n) is 5.72. The summed E-state index contributed by atoms with van der Waals surface area (Å²) in [6.07, 6.45) is 0.555. The molecule has 1 atom stereocenters. The number of benzene rings is 3. The molecule has 4 rings (SSSR count). The summed E-state index contributed by atoms with van der Waals surface area (Å²) in [6, 6.07) is 30.6. The summed E-state index contributed by atoms with van der Waals surface area (Å²) in [5.41, 5.74) is -0.935. The van der Waals surface area contributed by atoms with Gasteiger partial charge >= 0.3 is 6.03 Å². The molecule has 3 amide bonds. The highest BCUT2D eigenvalue weighted by Crippen LogP contribution is 2.41. The molecule has 3 aromatic rings. The predicted octanol–water partition coefficient (Wildman–Crippen LogP) is 4.13. The first-order valence-corrected chi connectivity index (χ1v) is 14.1. The summed E-state index contributed by atoms with van der Waals surface area (Å²) in [4.78, 5) is 30.2. The molecular formula is C29H34N2O2Si. The third kappa shape index (κ3) is 3.33. The van der Waals surface area contributed by atoms with Crippen LogP contribution in [0.15, 0.2) is 91.0 Å². The highest BCUT2D eigenvalue weighted by Gasteiger charge is 2.66. The van der Waals surface area contributed by atoms with Crippen molar-refractivity contribution in [2.24, 2.45) is 5.92 Å². The normalized spacial score (nSPS) is 18.9. The Morgan fingerprint density at radius 1 is 0.706 bits per heavy atom. The Labute approximate surface area is 204 Å². The summed E-state index contributed by atoms with van der Waals surface area (Å²) < 4.78 is 2.05. The summed E-state index contributed by atoms with van der Waals surface area (Å²) in [5.74, 6) is -0.134. The number of nitrogens with zero attached hydrogens (tertiary/aromatic N) is 2. The van der Waals surface area contributed by atoms with Gasteiger partial charge in [0.25, 0.3) is 14.1 Å². The van der Waals surface area contributed by atoms with Crippen molar-refractivity contribution in [2.45, 2.75) is 52.6 Å². The summed E-state index contributed by atoms with van der Waals surface area (Å²) in [5, 5.41) is 3.29. The minimum atomic E-state index is -3.18. The highest BCUT2D eigenvalue weighted by molar-refractivity contribution is 7.10. The Kier molecular flexibility index (Phi) is 6.50. The lowest BCUT2D eigenvalue weighted by Gasteiger charge is -2.49. The van der Waals surface area contributed by atoms with Gasteiger partial charge in [0.15, 0.2) is 0 Å². The molecule has 0 aliphatic carbocycles. The Bertz CT molecular complexity index is 1050. The number of hydrogen-bond acceptors (Lipinski definition) is 2. The molecule has 1 unspecified atom stereocenters. The largest absolute Gasteiger partial charge is 0.324 e. The molecule has 3 aromatic carbocycles. The smallest absolute Gasteiger partial charge is 0.320 e. The zero-order valence-electron chi connectivity index (χ0n) is 20.7. The van der Waals surface area contributed by atoms with E-state index in [0.717, 1.165) is 15.6 Å². The van der Waals surface area contributed by atoms with Crippen LogP contribution in [0.5, 0.6) is 0 Å². The average molecular weight is 471 g/mol. The van der Waals surface area contributed by atoms with Crippen LogP contribution < -0.4 is 15.6 Å². The van der Waals surface area contributed by atoms with Gasteiger partial charge in [0, 0.05) is 6.04 Å². The van der Waals surface area contributed by atoms with Crippen LogP contribution in [0.3, 0.4) is 0 Å². The lowest BCUT2D eigenvalue weighted by atomic mass is 9.83. The van der Waals surface area contributed by atoms with E-state index in [9.17, 15) is 9.59 Å². The van der Waals surface area contributed by atoms with Crippen LogP contribution >= 0.6 is 0 Å². The number of carbonyl (C=O) groups excluding carboxylic acids is 2. The maximum Gasteiger partial charge on any atom is 0.320 e. The molecule has 1 aliphatic heterocycles. The number of hydrogen-bond donors (Lipinski definition) is 0. The van der Waals surface area contributed by atoms with Gasteiger partial charge in [-0.2, -0.15) is 0 Å². The third-order valence-electron chi connectivity index (χ3n) is 7.31. The SMILES string of the molecule is CCC1(C(C)C)C(=O)N(C(C)C)C(=O)N1[Si](c1ccccc1)(c1ccccc1)c1ccccc1. The minimum absolute atomic E-state index is 0.0549. The molecule has 0 aromatic heterocycles. The van der Waals surface area contributed by atoms with Crippen LogP contribution in [-0.4, -0.2) is 41.2 Å². The second-order valence-corrected chi connectivity index (χ2v) is 13.2. The molecule has 5 heteroatoms. The van der Waals surface area contributed by atoms with E-state index in [1.165, 1.54) is 4.90 Å². The van der Waals surface area contributed by atoms with Crippen LogP contribution in [0.25, 0.3) is 0 Å². The minimum Gasteiger partial charge on any atom is -0.324 e. The molecule has 176 valence electrons. The van der Waals surface area contributed by atoms with Crippen molar-refractivity contribution in [1.82, 2.24) is 9.47 Å². The first kappa shape index (κ1) is 24.0. The molecule has 1 saturated heterocycles. The van der Waals surface area contributed by atoms with Gasteiger partial charge in [0.05, 0.1) is 0 Å². The molecule has 1 fully saturated rings. The summed E-state index contributed by atoms with van der Waals surface area (Å²) >= 11 is 0. The Morgan fingerprint density at radius 2 is 1.09 bits per heavy atom. The molecule has 1 heterocycles. The van der Waals surface area contributed by atoms with Crippen molar-refractivity contribution in [3.63, 3.8) is 0 Å². The number of imide groups is 1. The van der Waals surface area contributed by atoms with E-state index < -0.39 is 13.8 Å². The van der Waals surface area contributed by atoms with Gasteiger partial charge in [-0.15, -0.1) is 0 Å². The van der Waals surface area contributed by atoms with Gasteiger partial charge in [-0.25, -0.2) is 4.79 Å². The topological polar surface area (TPSA) is 40.6 Å². The lowest BCUT2D eigenvalue weighted by molar-refractivity contribution is -0.135. The average Bonchev–Trinajstić information content (AvgIpc) is 3.09. The Morgan fingerprint density at radius 3 is 1.38 bits per heavy atom. The molecule has 0 saturated carbocycles.